The minimum absolute atomic E-state index is 0.0510. The summed E-state index contributed by atoms with van der Waals surface area (Å²) in [4.78, 5) is 2.37. The van der Waals surface area contributed by atoms with Gasteiger partial charge in [0.05, 0.1) is 23.7 Å². The molecule has 3 aliphatic heterocycles. The summed E-state index contributed by atoms with van der Waals surface area (Å²) in [5.74, 6) is 1.77. The van der Waals surface area contributed by atoms with Gasteiger partial charge in [0.15, 0.2) is 9.84 Å². The SMILES string of the molecule is CO[C@@H]1CS(=O)(=O)C[C@@H]1N1CCCC(C2CCOC2)C1. The fraction of sp³-hybridized carbons (Fsp3) is 1.00. The van der Waals surface area contributed by atoms with Gasteiger partial charge < -0.3 is 9.47 Å². The van der Waals surface area contributed by atoms with E-state index in [0.29, 0.717) is 11.8 Å². The Hall–Kier alpha value is -0.170. The van der Waals surface area contributed by atoms with Gasteiger partial charge in [-0.05, 0) is 37.6 Å². The van der Waals surface area contributed by atoms with Gasteiger partial charge in [0.1, 0.15) is 0 Å². The van der Waals surface area contributed by atoms with Crippen LogP contribution in [0.3, 0.4) is 0 Å². The maximum absolute atomic E-state index is 11.9. The van der Waals surface area contributed by atoms with Gasteiger partial charge in [0.2, 0.25) is 0 Å². The summed E-state index contributed by atoms with van der Waals surface area (Å²) < 4.78 is 34.7. The minimum Gasteiger partial charge on any atom is -0.381 e. The summed E-state index contributed by atoms with van der Waals surface area (Å²) in [5.41, 5.74) is 0. The Morgan fingerprint density at radius 2 is 2.05 bits per heavy atom. The average molecular weight is 303 g/mol. The van der Waals surface area contributed by atoms with Crippen LogP contribution in [0, 0.1) is 11.8 Å². The van der Waals surface area contributed by atoms with Gasteiger partial charge in [-0.3, -0.25) is 4.90 Å². The van der Waals surface area contributed by atoms with E-state index in [4.69, 9.17) is 9.47 Å². The third kappa shape index (κ3) is 3.03. The quantitative estimate of drug-likeness (QED) is 0.762. The van der Waals surface area contributed by atoms with Crippen LogP contribution in [-0.4, -0.2) is 70.4 Å². The molecule has 0 aromatic heterocycles. The summed E-state index contributed by atoms with van der Waals surface area (Å²) in [6, 6.07) is 0.0510. The summed E-state index contributed by atoms with van der Waals surface area (Å²) in [5, 5.41) is 0. The number of likely N-dealkylation sites (tertiary alicyclic amines) is 1. The zero-order chi connectivity index (χ0) is 14.2. The second-order valence-corrected chi connectivity index (χ2v) is 8.59. The van der Waals surface area contributed by atoms with Crippen LogP contribution in [0.4, 0.5) is 0 Å². The molecule has 3 heterocycles. The molecule has 0 aliphatic carbocycles. The lowest BCUT2D eigenvalue weighted by atomic mass is 9.84. The van der Waals surface area contributed by atoms with Gasteiger partial charge in [-0.15, -0.1) is 0 Å². The number of nitrogens with zero attached hydrogens (tertiary/aromatic N) is 1. The smallest absolute Gasteiger partial charge is 0.154 e. The molecule has 0 amide bonds. The average Bonchev–Trinajstić information content (AvgIpc) is 3.06. The van der Waals surface area contributed by atoms with Crippen molar-refractivity contribution in [1.29, 1.82) is 0 Å². The van der Waals surface area contributed by atoms with Crippen molar-refractivity contribution >= 4 is 9.84 Å². The molecule has 116 valence electrons. The first-order valence-corrected chi connectivity index (χ1v) is 9.46. The maximum atomic E-state index is 11.9. The monoisotopic (exact) mass is 303 g/mol. The van der Waals surface area contributed by atoms with Crippen LogP contribution in [0.25, 0.3) is 0 Å². The standard InChI is InChI=1S/C14H25NO4S/c1-18-14-10-20(16,17)9-13(14)15-5-2-3-11(7-15)12-4-6-19-8-12/h11-14H,2-10H2,1H3/t11?,12?,13-,14+/m0/s1. The van der Waals surface area contributed by atoms with E-state index < -0.39 is 9.84 Å². The molecule has 0 aromatic carbocycles. The Balaban J connectivity index is 1.66. The highest BCUT2D eigenvalue weighted by Gasteiger charge is 2.43. The van der Waals surface area contributed by atoms with E-state index in [-0.39, 0.29) is 23.7 Å². The van der Waals surface area contributed by atoms with E-state index in [9.17, 15) is 8.42 Å². The summed E-state index contributed by atoms with van der Waals surface area (Å²) >= 11 is 0. The molecular formula is C14H25NO4S. The highest BCUT2D eigenvalue weighted by atomic mass is 32.2. The van der Waals surface area contributed by atoms with Crippen molar-refractivity contribution in [1.82, 2.24) is 4.90 Å². The third-order valence-corrected chi connectivity index (χ3v) is 6.85. The normalized spacial score (nSPS) is 42.0. The van der Waals surface area contributed by atoms with E-state index in [1.54, 1.807) is 7.11 Å². The van der Waals surface area contributed by atoms with Gasteiger partial charge in [-0.25, -0.2) is 8.42 Å². The molecule has 4 atom stereocenters. The molecule has 0 radical (unpaired) electrons. The zero-order valence-corrected chi connectivity index (χ0v) is 13.0. The molecule has 6 heteroatoms. The molecule has 3 saturated heterocycles. The molecule has 0 N–H and O–H groups in total. The Kier molecular flexibility index (Phi) is 4.36. The van der Waals surface area contributed by atoms with Crippen LogP contribution in [-0.2, 0) is 19.3 Å². The molecule has 3 rings (SSSR count). The van der Waals surface area contributed by atoms with Crippen molar-refractivity contribution in [2.45, 2.75) is 31.4 Å². The maximum Gasteiger partial charge on any atom is 0.154 e. The van der Waals surface area contributed by atoms with E-state index >= 15 is 0 Å². The largest absolute Gasteiger partial charge is 0.381 e. The fourth-order valence-corrected chi connectivity index (χ4v) is 5.95. The molecule has 0 bridgehead atoms. The lowest BCUT2D eigenvalue weighted by Gasteiger charge is -2.39. The Bertz CT molecular complexity index is 432. The fourth-order valence-electron chi connectivity index (χ4n) is 4.01. The molecule has 3 aliphatic rings. The Labute approximate surface area is 121 Å². The first-order chi connectivity index (χ1) is 9.59. The second-order valence-electron chi connectivity index (χ2n) is 6.44. The Morgan fingerprint density at radius 3 is 2.75 bits per heavy atom. The van der Waals surface area contributed by atoms with Gasteiger partial charge in [-0.2, -0.15) is 0 Å². The molecule has 20 heavy (non-hydrogen) atoms. The van der Waals surface area contributed by atoms with E-state index in [1.165, 1.54) is 6.42 Å². The van der Waals surface area contributed by atoms with Gasteiger partial charge in [0, 0.05) is 26.9 Å². The highest BCUT2D eigenvalue weighted by Crippen LogP contribution is 2.32. The topological polar surface area (TPSA) is 55.8 Å². The van der Waals surface area contributed by atoms with Crippen molar-refractivity contribution < 1.29 is 17.9 Å². The molecule has 0 spiro atoms. The number of ether oxygens (including phenoxy) is 2. The van der Waals surface area contributed by atoms with Crippen LogP contribution in [0.2, 0.25) is 0 Å². The van der Waals surface area contributed by atoms with Gasteiger partial charge in [0.25, 0.3) is 0 Å². The molecule has 3 fully saturated rings. The first kappa shape index (κ1) is 14.8. The van der Waals surface area contributed by atoms with Crippen molar-refractivity contribution in [3.8, 4) is 0 Å². The number of sulfone groups is 1. The van der Waals surface area contributed by atoms with Crippen LogP contribution < -0.4 is 0 Å². The zero-order valence-electron chi connectivity index (χ0n) is 12.2. The van der Waals surface area contributed by atoms with E-state index in [1.807, 2.05) is 0 Å². The van der Waals surface area contributed by atoms with Crippen molar-refractivity contribution in [3.05, 3.63) is 0 Å². The number of hydrogen-bond donors (Lipinski definition) is 0. The Morgan fingerprint density at radius 1 is 1.20 bits per heavy atom. The first-order valence-electron chi connectivity index (χ1n) is 7.64. The number of piperidine rings is 1. The predicted molar refractivity (Wildman–Crippen MR) is 76.5 cm³/mol. The van der Waals surface area contributed by atoms with E-state index in [2.05, 4.69) is 4.90 Å². The van der Waals surface area contributed by atoms with Crippen molar-refractivity contribution in [3.63, 3.8) is 0 Å². The van der Waals surface area contributed by atoms with Crippen molar-refractivity contribution in [2.24, 2.45) is 11.8 Å². The number of rotatable bonds is 3. The molecule has 2 unspecified atom stereocenters. The lowest BCUT2D eigenvalue weighted by molar-refractivity contribution is 0.0159. The third-order valence-electron chi connectivity index (χ3n) is 5.16. The molecule has 0 saturated carbocycles. The second kappa shape index (κ2) is 5.91. The van der Waals surface area contributed by atoms with E-state index in [0.717, 1.165) is 39.1 Å². The van der Waals surface area contributed by atoms with Gasteiger partial charge >= 0.3 is 0 Å². The summed E-state index contributed by atoms with van der Waals surface area (Å²) in [6.45, 7) is 3.78. The van der Waals surface area contributed by atoms with Gasteiger partial charge in [-0.1, -0.05) is 0 Å². The van der Waals surface area contributed by atoms with Crippen LogP contribution in [0.15, 0.2) is 0 Å². The minimum atomic E-state index is -2.93. The lowest BCUT2D eigenvalue weighted by Crippen LogP contribution is -2.49. The van der Waals surface area contributed by atoms with Crippen LogP contribution in [0.5, 0.6) is 0 Å². The molecule has 0 aromatic rings. The van der Waals surface area contributed by atoms with Crippen LogP contribution >= 0.6 is 0 Å². The highest BCUT2D eigenvalue weighted by molar-refractivity contribution is 7.91. The predicted octanol–water partition coefficient (Wildman–Crippen LogP) is 0.547. The molecular weight excluding hydrogens is 278 g/mol. The number of methoxy groups -OCH3 is 1. The van der Waals surface area contributed by atoms with Crippen LogP contribution in [0.1, 0.15) is 19.3 Å². The van der Waals surface area contributed by atoms with Crippen molar-refractivity contribution in [2.75, 3.05) is 44.9 Å². The number of hydrogen-bond acceptors (Lipinski definition) is 5. The molecule has 5 nitrogen and oxygen atoms in total. The summed E-state index contributed by atoms with van der Waals surface area (Å²) in [7, 11) is -1.30. The summed E-state index contributed by atoms with van der Waals surface area (Å²) in [6.07, 6.45) is 3.42.